The van der Waals surface area contributed by atoms with Crippen LogP contribution in [0.15, 0.2) is 6.20 Å². The molecule has 0 aliphatic carbocycles. The Hall–Kier alpha value is -1.80. The Labute approximate surface area is 85.2 Å². The lowest BCUT2D eigenvalue weighted by Crippen LogP contribution is -1.99. The van der Waals surface area contributed by atoms with Gasteiger partial charge in [-0.1, -0.05) is 11.6 Å². The van der Waals surface area contributed by atoms with Crippen molar-refractivity contribution in [2.24, 2.45) is 0 Å². The second-order valence-corrected chi connectivity index (χ2v) is 2.56. The molecule has 1 aromatic heterocycles. The standard InChI is InChI=1S/C8H6ClN3O2/c1-14-7(13)3-2-5-8(10)11-4-6(9)12-5/h4H,1H3,(H2,10,11). The number of ether oxygens (including phenoxy) is 1. The largest absolute Gasteiger partial charge is 0.459 e. The number of esters is 1. The average Bonchev–Trinajstić information content (AvgIpc) is 2.19. The van der Waals surface area contributed by atoms with Gasteiger partial charge in [0.15, 0.2) is 11.5 Å². The molecule has 1 rings (SSSR count). The Morgan fingerprint density at radius 1 is 1.71 bits per heavy atom. The Morgan fingerprint density at radius 2 is 2.43 bits per heavy atom. The molecule has 0 radical (unpaired) electrons. The summed E-state index contributed by atoms with van der Waals surface area (Å²) in [7, 11) is 1.23. The number of hydrogen-bond donors (Lipinski definition) is 1. The first-order valence-corrected chi connectivity index (χ1v) is 3.89. The van der Waals surface area contributed by atoms with Crippen LogP contribution in [0.1, 0.15) is 5.69 Å². The fourth-order valence-corrected chi connectivity index (χ4v) is 0.763. The molecule has 0 fully saturated rings. The van der Waals surface area contributed by atoms with Crippen molar-refractivity contribution >= 4 is 23.4 Å². The number of nitrogen functional groups attached to an aromatic ring is 1. The third-order valence-electron chi connectivity index (χ3n) is 1.24. The van der Waals surface area contributed by atoms with Crippen LogP contribution in [-0.2, 0) is 9.53 Å². The van der Waals surface area contributed by atoms with E-state index in [-0.39, 0.29) is 16.7 Å². The number of nitrogens with zero attached hydrogens (tertiary/aromatic N) is 2. The van der Waals surface area contributed by atoms with Crippen molar-refractivity contribution in [1.82, 2.24) is 9.97 Å². The molecular weight excluding hydrogens is 206 g/mol. The van der Waals surface area contributed by atoms with Crippen LogP contribution >= 0.6 is 11.6 Å². The molecule has 0 unspecified atom stereocenters. The lowest BCUT2D eigenvalue weighted by atomic mass is 10.4. The van der Waals surface area contributed by atoms with Gasteiger partial charge < -0.3 is 10.5 Å². The van der Waals surface area contributed by atoms with Crippen LogP contribution in [0.25, 0.3) is 0 Å². The molecule has 1 heterocycles. The van der Waals surface area contributed by atoms with Gasteiger partial charge in [0.2, 0.25) is 0 Å². The van der Waals surface area contributed by atoms with Gasteiger partial charge in [-0.2, -0.15) is 0 Å². The van der Waals surface area contributed by atoms with Crippen molar-refractivity contribution in [3.05, 3.63) is 17.0 Å². The number of carbonyl (C=O) groups is 1. The Morgan fingerprint density at radius 3 is 3.07 bits per heavy atom. The highest BCUT2D eigenvalue weighted by Gasteiger charge is 2.00. The minimum absolute atomic E-state index is 0.116. The molecule has 14 heavy (non-hydrogen) atoms. The minimum atomic E-state index is -0.675. The Bertz CT molecular complexity index is 422. The fourth-order valence-electron chi connectivity index (χ4n) is 0.630. The van der Waals surface area contributed by atoms with E-state index in [1.165, 1.54) is 13.3 Å². The van der Waals surface area contributed by atoms with Gasteiger partial charge >= 0.3 is 5.97 Å². The smallest absolute Gasteiger partial charge is 0.384 e. The monoisotopic (exact) mass is 211 g/mol. The van der Waals surface area contributed by atoms with Crippen LogP contribution in [-0.4, -0.2) is 23.0 Å². The molecule has 0 aliphatic rings. The molecule has 72 valence electrons. The maximum atomic E-state index is 10.7. The van der Waals surface area contributed by atoms with Gasteiger partial charge in [0, 0.05) is 5.92 Å². The second-order valence-electron chi connectivity index (χ2n) is 2.17. The molecule has 6 heteroatoms. The molecule has 0 aromatic carbocycles. The number of aromatic nitrogens is 2. The molecule has 0 amide bonds. The van der Waals surface area contributed by atoms with E-state index in [1.54, 1.807) is 0 Å². The topological polar surface area (TPSA) is 78.1 Å². The summed E-state index contributed by atoms with van der Waals surface area (Å²) >= 11 is 5.55. The van der Waals surface area contributed by atoms with Crippen molar-refractivity contribution in [3.63, 3.8) is 0 Å². The predicted molar refractivity (Wildman–Crippen MR) is 50.3 cm³/mol. The van der Waals surface area contributed by atoms with E-state index in [9.17, 15) is 4.79 Å². The molecular formula is C8H6ClN3O2. The molecule has 2 N–H and O–H groups in total. The van der Waals surface area contributed by atoms with Gasteiger partial charge in [0.25, 0.3) is 0 Å². The highest BCUT2D eigenvalue weighted by Crippen LogP contribution is 2.07. The quantitative estimate of drug-likeness (QED) is 0.491. The Kier molecular flexibility index (Phi) is 3.26. The van der Waals surface area contributed by atoms with Crippen molar-refractivity contribution in [1.29, 1.82) is 0 Å². The summed E-state index contributed by atoms with van der Waals surface area (Å²) in [5.41, 5.74) is 5.59. The van der Waals surface area contributed by atoms with E-state index in [0.717, 1.165) is 0 Å². The van der Waals surface area contributed by atoms with E-state index < -0.39 is 5.97 Å². The van der Waals surface area contributed by atoms with Crippen LogP contribution in [0.5, 0.6) is 0 Å². The lowest BCUT2D eigenvalue weighted by molar-refractivity contribution is -0.133. The molecule has 0 aliphatic heterocycles. The number of carbonyl (C=O) groups excluding carboxylic acids is 1. The molecule has 5 nitrogen and oxygen atoms in total. The van der Waals surface area contributed by atoms with E-state index in [4.69, 9.17) is 17.3 Å². The normalized spacial score (nSPS) is 8.71. The van der Waals surface area contributed by atoms with E-state index in [0.29, 0.717) is 0 Å². The third kappa shape index (κ3) is 2.61. The molecule has 0 saturated heterocycles. The zero-order valence-electron chi connectivity index (χ0n) is 7.24. The van der Waals surface area contributed by atoms with Gasteiger partial charge in [-0.05, 0) is 5.92 Å². The van der Waals surface area contributed by atoms with Crippen molar-refractivity contribution in [2.45, 2.75) is 0 Å². The second kappa shape index (κ2) is 4.44. The summed E-state index contributed by atoms with van der Waals surface area (Å²) in [5.74, 6) is 4.00. The minimum Gasteiger partial charge on any atom is -0.459 e. The number of halogens is 1. The van der Waals surface area contributed by atoms with Crippen LogP contribution in [0, 0.1) is 11.8 Å². The van der Waals surface area contributed by atoms with Gasteiger partial charge in [0.05, 0.1) is 13.3 Å². The van der Waals surface area contributed by atoms with Crippen molar-refractivity contribution < 1.29 is 9.53 Å². The highest BCUT2D eigenvalue weighted by molar-refractivity contribution is 6.29. The summed E-state index contributed by atoms with van der Waals surface area (Å²) in [4.78, 5) is 18.2. The summed E-state index contributed by atoms with van der Waals surface area (Å²) in [5, 5.41) is 0.161. The maximum Gasteiger partial charge on any atom is 0.384 e. The summed E-state index contributed by atoms with van der Waals surface area (Å²) in [6.07, 6.45) is 1.29. The number of hydrogen-bond acceptors (Lipinski definition) is 5. The zero-order valence-corrected chi connectivity index (χ0v) is 8.00. The van der Waals surface area contributed by atoms with Crippen molar-refractivity contribution in [3.8, 4) is 11.8 Å². The highest BCUT2D eigenvalue weighted by atomic mass is 35.5. The van der Waals surface area contributed by atoms with Crippen LogP contribution < -0.4 is 5.73 Å². The molecule has 1 aromatic rings. The predicted octanol–water partition coefficient (Wildman–Crippen LogP) is 0.237. The van der Waals surface area contributed by atoms with Gasteiger partial charge in [-0.3, -0.25) is 0 Å². The molecule has 0 atom stereocenters. The van der Waals surface area contributed by atoms with Gasteiger partial charge in [-0.15, -0.1) is 0 Å². The fraction of sp³-hybridized carbons (Fsp3) is 0.125. The zero-order chi connectivity index (χ0) is 10.6. The van der Waals surface area contributed by atoms with E-state index in [1.807, 2.05) is 0 Å². The van der Waals surface area contributed by atoms with Crippen molar-refractivity contribution in [2.75, 3.05) is 12.8 Å². The molecule has 0 spiro atoms. The maximum absolute atomic E-state index is 10.7. The summed E-state index contributed by atoms with van der Waals surface area (Å²) in [6.45, 7) is 0. The number of nitrogens with two attached hydrogens (primary N) is 1. The SMILES string of the molecule is COC(=O)C#Cc1nc(Cl)cnc1N. The number of rotatable bonds is 0. The first kappa shape index (κ1) is 10.3. The Balaban J connectivity index is 3.00. The van der Waals surface area contributed by atoms with Gasteiger partial charge in [0.1, 0.15) is 5.15 Å². The van der Waals surface area contributed by atoms with E-state index in [2.05, 4.69) is 26.5 Å². The van der Waals surface area contributed by atoms with E-state index >= 15 is 0 Å². The van der Waals surface area contributed by atoms with Crippen LogP contribution in [0.3, 0.4) is 0 Å². The first-order chi connectivity index (χ1) is 6.63. The third-order valence-corrected chi connectivity index (χ3v) is 1.42. The molecule has 0 saturated carbocycles. The number of methoxy groups -OCH3 is 1. The number of anilines is 1. The molecule has 0 bridgehead atoms. The summed E-state index contributed by atoms with van der Waals surface area (Å²) in [6, 6.07) is 0. The summed E-state index contributed by atoms with van der Waals surface area (Å²) < 4.78 is 4.31. The first-order valence-electron chi connectivity index (χ1n) is 3.51. The van der Waals surface area contributed by atoms with Crippen LogP contribution in [0.4, 0.5) is 5.82 Å². The van der Waals surface area contributed by atoms with Crippen LogP contribution in [0.2, 0.25) is 5.15 Å². The van der Waals surface area contributed by atoms with Gasteiger partial charge in [-0.25, -0.2) is 14.8 Å². The average molecular weight is 212 g/mol. The lowest BCUT2D eigenvalue weighted by Gasteiger charge is -1.95.